The van der Waals surface area contributed by atoms with Crippen molar-refractivity contribution in [1.29, 1.82) is 5.26 Å². The molecule has 6 heteroatoms. The number of hydrogen-bond donors (Lipinski definition) is 1. The summed E-state index contributed by atoms with van der Waals surface area (Å²) in [4.78, 5) is 5.88. The number of aliphatic hydroxyl groups is 1. The van der Waals surface area contributed by atoms with Gasteiger partial charge in [0.25, 0.3) is 0 Å². The van der Waals surface area contributed by atoms with Gasteiger partial charge >= 0.3 is 0 Å². The molecule has 0 spiro atoms. The van der Waals surface area contributed by atoms with Crippen LogP contribution in [0.2, 0.25) is 0 Å². The Bertz CT molecular complexity index is 744. The van der Waals surface area contributed by atoms with E-state index >= 15 is 0 Å². The van der Waals surface area contributed by atoms with Crippen molar-refractivity contribution in [3.05, 3.63) is 59.3 Å². The van der Waals surface area contributed by atoms with Gasteiger partial charge in [0.05, 0.1) is 23.8 Å². The summed E-state index contributed by atoms with van der Waals surface area (Å²) in [6.07, 6.45) is 1.09. The molecule has 2 aromatic rings. The molecule has 3 rings (SSSR count). The number of hydrogen-bond acceptors (Lipinski definition) is 4. The quantitative estimate of drug-likeness (QED) is 0.926. The predicted molar refractivity (Wildman–Crippen MR) is 76.0 cm³/mol. The van der Waals surface area contributed by atoms with E-state index in [9.17, 15) is 13.9 Å². The number of nitriles is 1. The second-order valence-electron chi connectivity index (χ2n) is 5.24. The molecule has 1 aromatic carbocycles. The summed E-state index contributed by atoms with van der Waals surface area (Å²) >= 11 is 0. The Balaban J connectivity index is 2.02. The maximum absolute atomic E-state index is 14.0. The molecule has 112 valence electrons. The van der Waals surface area contributed by atoms with Crippen molar-refractivity contribution in [2.24, 2.45) is 0 Å². The van der Waals surface area contributed by atoms with Gasteiger partial charge in [-0.3, -0.25) is 0 Å². The smallest absolute Gasteiger partial charge is 0.130 e. The number of aliphatic hydroxyl groups excluding tert-OH is 1. The van der Waals surface area contributed by atoms with Crippen LogP contribution in [-0.4, -0.2) is 22.7 Å². The number of nitrogens with zero attached hydrogens (tertiary/aromatic N) is 3. The molecular formula is C16H13F2N3O. The summed E-state index contributed by atoms with van der Waals surface area (Å²) in [7, 11) is 0. The Morgan fingerprint density at radius 3 is 2.86 bits per heavy atom. The van der Waals surface area contributed by atoms with Gasteiger partial charge in [-0.05, 0) is 36.8 Å². The molecule has 0 radical (unpaired) electrons. The van der Waals surface area contributed by atoms with Crippen LogP contribution in [-0.2, 0) is 0 Å². The van der Waals surface area contributed by atoms with Crippen LogP contribution in [0.1, 0.15) is 23.6 Å². The van der Waals surface area contributed by atoms with Gasteiger partial charge in [-0.1, -0.05) is 0 Å². The third kappa shape index (κ3) is 2.63. The van der Waals surface area contributed by atoms with Gasteiger partial charge in [-0.2, -0.15) is 5.26 Å². The van der Waals surface area contributed by atoms with E-state index in [4.69, 9.17) is 5.26 Å². The minimum absolute atomic E-state index is 0.181. The summed E-state index contributed by atoms with van der Waals surface area (Å²) in [5.74, 6) is -0.595. The number of aromatic nitrogens is 1. The number of benzene rings is 1. The zero-order chi connectivity index (χ0) is 15.7. The third-order valence-electron chi connectivity index (χ3n) is 3.76. The first kappa shape index (κ1) is 14.4. The highest BCUT2D eigenvalue weighted by atomic mass is 19.1. The zero-order valence-corrected chi connectivity index (χ0v) is 11.6. The molecular weight excluding hydrogens is 288 g/mol. The first-order chi connectivity index (χ1) is 10.6. The molecule has 22 heavy (non-hydrogen) atoms. The van der Waals surface area contributed by atoms with Crippen molar-refractivity contribution in [3.8, 4) is 6.07 Å². The fraction of sp³-hybridized carbons (Fsp3) is 0.250. The van der Waals surface area contributed by atoms with E-state index in [1.165, 1.54) is 6.20 Å². The molecule has 1 aliphatic rings. The second-order valence-corrected chi connectivity index (χ2v) is 5.24. The number of rotatable bonds is 2. The van der Waals surface area contributed by atoms with Gasteiger partial charge < -0.3 is 10.0 Å². The zero-order valence-electron chi connectivity index (χ0n) is 11.6. The van der Waals surface area contributed by atoms with Crippen molar-refractivity contribution in [2.45, 2.75) is 18.6 Å². The Labute approximate surface area is 126 Å². The molecule has 4 nitrogen and oxygen atoms in total. The van der Waals surface area contributed by atoms with E-state index in [-0.39, 0.29) is 18.5 Å². The maximum Gasteiger partial charge on any atom is 0.130 e. The van der Waals surface area contributed by atoms with Crippen LogP contribution in [0.5, 0.6) is 0 Å². The monoisotopic (exact) mass is 301 g/mol. The maximum atomic E-state index is 14.0. The van der Waals surface area contributed by atoms with Crippen LogP contribution < -0.4 is 4.90 Å². The molecule has 2 atom stereocenters. The average molecular weight is 301 g/mol. The lowest BCUT2D eigenvalue weighted by molar-refractivity contribution is 0.194. The van der Waals surface area contributed by atoms with Crippen molar-refractivity contribution in [2.75, 3.05) is 11.4 Å². The van der Waals surface area contributed by atoms with Gasteiger partial charge in [0, 0.05) is 18.3 Å². The average Bonchev–Trinajstić information content (AvgIpc) is 2.91. The molecule has 0 unspecified atom stereocenters. The van der Waals surface area contributed by atoms with Gasteiger partial charge in [0.1, 0.15) is 17.5 Å². The summed E-state index contributed by atoms with van der Waals surface area (Å²) < 4.78 is 27.5. The van der Waals surface area contributed by atoms with E-state index in [1.807, 2.05) is 6.07 Å². The topological polar surface area (TPSA) is 60.2 Å². The highest BCUT2D eigenvalue weighted by molar-refractivity contribution is 5.49. The van der Waals surface area contributed by atoms with Crippen LogP contribution in [0.4, 0.5) is 14.6 Å². The number of halogens is 2. The van der Waals surface area contributed by atoms with Crippen molar-refractivity contribution >= 4 is 5.82 Å². The van der Waals surface area contributed by atoms with Gasteiger partial charge in [0.15, 0.2) is 0 Å². The lowest BCUT2D eigenvalue weighted by Crippen LogP contribution is -2.25. The first-order valence-corrected chi connectivity index (χ1v) is 6.84. The summed E-state index contributed by atoms with van der Waals surface area (Å²) in [6.45, 7) is 0.252. The molecule has 1 aliphatic heterocycles. The highest BCUT2D eigenvalue weighted by Crippen LogP contribution is 2.36. The summed E-state index contributed by atoms with van der Waals surface area (Å²) in [5.41, 5.74) is 0.602. The van der Waals surface area contributed by atoms with E-state index in [2.05, 4.69) is 4.98 Å². The second kappa shape index (κ2) is 5.70. The standard InChI is InChI=1S/C16H13F2N3O/c17-11-1-2-14(18)13(6-11)15-7-12(22)9-21(15)16-5-10(8-19)3-4-20-16/h1-6,12,15,22H,7,9H2/t12-,15-/m1/s1. The van der Waals surface area contributed by atoms with E-state index < -0.39 is 23.8 Å². The van der Waals surface area contributed by atoms with Crippen LogP contribution in [0.25, 0.3) is 0 Å². The molecule has 1 saturated heterocycles. The minimum atomic E-state index is -0.666. The molecule has 0 amide bonds. The molecule has 0 bridgehead atoms. The van der Waals surface area contributed by atoms with E-state index in [0.717, 1.165) is 18.2 Å². The number of anilines is 1. The Morgan fingerprint density at radius 1 is 1.27 bits per heavy atom. The van der Waals surface area contributed by atoms with Crippen LogP contribution in [0.3, 0.4) is 0 Å². The number of pyridine rings is 1. The normalized spacial score (nSPS) is 20.9. The molecule has 2 heterocycles. The molecule has 1 N–H and O–H groups in total. The number of β-amino-alcohol motifs (C(OH)–C–C–N with tert-alkyl or cyclic N) is 1. The molecule has 0 aliphatic carbocycles. The lowest BCUT2D eigenvalue weighted by atomic mass is 10.0. The lowest BCUT2D eigenvalue weighted by Gasteiger charge is -2.26. The van der Waals surface area contributed by atoms with Crippen LogP contribution >= 0.6 is 0 Å². The van der Waals surface area contributed by atoms with E-state index in [1.54, 1.807) is 17.0 Å². The van der Waals surface area contributed by atoms with Gasteiger partial charge in [-0.15, -0.1) is 0 Å². The Kier molecular flexibility index (Phi) is 3.73. The SMILES string of the molecule is N#Cc1ccnc(N2C[C@H](O)C[C@@H]2c2cc(F)ccc2F)c1. The van der Waals surface area contributed by atoms with Crippen molar-refractivity contribution in [1.82, 2.24) is 4.98 Å². The fourth-order valence-corrected chi connectivity index (χ4v) is 2.78. The Hall–Kier alpha value is -2.52. The fourth-order valence-electron chi connectivity index (χ4n) is 2.78. The molecule has 1 fully saturated rings. The minimum Gasteiger partial charge on any atom is -0.391 e. The largest absolute Gasteiger partial charge is 0.391 e. The highest BCUT2D eigenvalue weighted by Gasteiger charge is 2.34. The molecule has 0 saturated carbocycles. The van der Waals surface area contributed by atoms with Crippen LogP contribution in [0, 0.1) is 23.0 Å². The third-order valence-corrected chi connectivity index (χ3v) is 3.76. The Morgan fingerprint density at radius 2 is 2.09 bits per heavy atom. The van der Waals surface area contributed by atoms with Crippen LogP contribution in [0.15, 0.2) is 36.5 Å². The van der Waals surface area contributed by atoms with Crippen molar-refractivity contribution in [3.63, 3.8) is 0 Å². The summed E-state index contributed by atoms with van der Waals surface area (Å²) in [5, 5.41) is 18.9. The summed E-state index contributed by atoms with van der Waals surface area (Å²) in [6, 6.07) is 7.90. The predicted octanol–water partition coefficient (Wildman–Crippen LogP) is 2.54. The van der Waals surface area contributed by atoms with Crippen molar-refractivity contribution < 1.29 is 13.9 Å². The van der Waals surface area contributed by atoms with Gasteiger partial charge in [-0.25, -0.2) is 13.8 Å². The van der Waals surface area contributed by atoms with E-state index in [0.29, 0.717) is 11.4 Å². The first-order valence-electron chi connectivity index (χ1n) is 6.84. The molecule has 1 aromatic heterocycles. The van der Waals surface area contributed by atoms with Gasteiger partial charge in [0.2, 0.25) is 0 Å².